The van der Waals surface area contributed by atoms with Gasteiger partial charge in [-0.15, -0.1) is 10.2 Å². The molecule has 0 bridgehead atoms. The highest BCUT2D eigenvalue weighted by molar-refractivity contribution is 5.36. The van der Waals surface area contributed by atoms with E-state index in [1.54, 1.807) is 6.92 Å². The van der Waals surface area contributed by atoms with E-state index < -0.39 is 0 Å². The molecule has 2 aromatic rings. The normalized spacial score (nSPS) is 10.5. The van der Waals surface area contributed by atoms with Crippen molar-refractivity contribution in [3.63, 3.8) is 0 Å². The molecule has 5 heteroatoms. The maximum atomic E-state index is 9.21. The predicted molar refractivity (Wildman–Crippen MR) is 60.5 cm³/mol. The lowest BCUT2D eigenvalue weighted by Crippen LogP contribution is -1.99. The first-order valence-corrected chi connectivity index (χ1v) is 5.31. The molecule has 0 radical (unpaired) electrons. The quantitative estimate of drug-likeness (QED) is 0.872. The minimum atomic E-state index is -0.0557. The molecule has 0 saturated carbocycles. The topological polar surface area (TPSA) is 68.4 Å². The van der Waals surface area contributed by atoms with Crippen molar-refractivity contribution >= 4 is 0 Å². The number of hydrogen-bond donors (Lipinski definition) is 1. The van der Waals surface area contributed by atoms with Gasteiger partial charge >= 0.3 is 0 Å². The maximum Gasteiger partial charge on any atom is 0.253 e. The van der Waals surface area contributed by atoms with Gasteiger partial charge < -0.3 is 14.3 Å². The van der Waals surface area contributed by atoms with Gasteiger partial charge in [0, 0.05) is 12.5 Å². The third kappa shape index (κ3) is 2.82. The van der Waals surface area contributed by atoms with E-state index in [4.69, 9.17) is 9.15 Å². The van der Waals surface area contributed by atoms with Crippen LogP contribution in [0.5, 0.6) is 5.75 Å². The summed E-state index contributed by atoms with van der Waals surface area (Å²) < 4.78 is 10.7. The molecule has 0 amide bonds. The van der Waals surface area contributed by atoms with E-state index in [-0.39, 0.29) is 13.2 Å². The first-order valence-electron chi connectivity index (χ1n) is 5.31. The van der Waals surface area contributed by atoms with Crippen LogP contribution in [-0.2, 0) is 13.2 Å². The van der Waals surface area contributed by atoms with Crippen molar-refractivity contribution in [2.45, 2.75) is 27.1 Å². The van der Waals surface area contributed by atoms with Crippen LogP contribution in [0.25, 0.3) is 0 Å². The molecule has 0 aliphatic carbocycles. The highest BCUT2D eigenvalue weighted by atomic mass is 16.5. The predicted octanol–water partition coefficient (Wildman–Crippen LogP) is 1.76. The molecule has 2 rings (SSSR count). The lowest BCUT2D eigenvalue weighted by molar-refractivity contribution is 0.239. The standard InChI is InChI=1S/C12H14N2O3/c1-8-3-4-11(10(5-8)6-15)16-7-12-14-13-9(2)17-12/h3-5,15H,6-7H2,1-2H3. The van der Waals surface area contributed by atoms with Gasteiger partial charge in [0.2, 0.25) is 5.89 Å². The lowest BCUT2D eigenvalue weighted by atomic mass is 10.1. The minimum Gasteiger partial charge on any atom is -0.483 e. The summed E-state index contributed by atoms with van der Waals surface area (Å²) in [6, 6.07) is 5.63. The third-order valence-electron chi connectivity index (χ3n) is 2.31. The van der Waals surface area contributed by atoms with Crippen LogP contribution in [0.1, 0.15) is 22.9 Å². The lowest BCUT2D eigenvalue weighted by Gasteiger charge is -2.08. The Labute approximate surface area is 99.1 Å². The Balaban J connectivity index is 2.08. The van der Waals surface area contributed by atoms with Crippen molar-refractivity contribution in [3.05, 3.63) is 41.1 Å². The van der Waals surface area contributed by atoms with Crippen LogP contribution < -0.4 is 4.74 Å². The van der Waals surface area contributed by atoms with Crippen molar-refractivity contribution in [1.29, 1.82) is 0 Å². The molecule has 1 aromatic heterocycles. The molecule has 0 fully saturated rings. The average Bonchev–Trinajstić information content (AvgIpc) is 2.73. The van der Waals surface area contributed by atoms with E-state index in [0.29, 0.717) is 17.5 Å². The molecule has 0 atom stereocenters. The highest BCUT2D eigenvalue weighted by Gasteiger charge is 2.06. The van der Waals surface area contributed by atoms with Gasteiger partial charge in [-0.3, -0.25) is 0 Å². The average molecular weight is 234 g/mol. The zero-order valence-corrected chi connectivity index (χ0v) is 9.80. The smallest absolute Gasteiger partial charge is 0.253 e. The summed E-state index contributed by atoms with van der Waals surface area (Å²) in [6.45, 7) is 3.84. The summed E-state index contributed by atoms with van der Waals surface area (Å²) in [5, 5.41) is 16.8. The van der Waals surface area contributed by atoms with E-state index in [2.05, 4.69) is 10.2 Å². The fourth-order valence-corrected chi connectivity index (χ4v) is 1.51. The van der Waals surface area contributed by atoms with E-state index in [0.717, 1.165) is 11.1 Å². The van der Waals surface area contributed by atoms with Crippen LogP contribution in [0.3, 0.4) is 0 Å². The van der Waals surface area contributed by atoms with Crippen molar-refractivity contribution in [1.82, 2.24) is 10.2 Å². The first-order chi connectivity index (χ1) is 8.19. The van der Waals surface area contributed by atoms with Crippen LogP contribution in [0, 0.1) is 13.8 Å². The van der Waals surface area contributed by atoms with Crippen molar-refractivity contribution < 1.29 is 14.3 Å². The Kier molecular flexibility index (Phi) is 3.39. The molecular weight excluding hydrogens is 220 g/mol. The first kappa shape index (κ1) is 11.6. The molecule has 0 saturated heterocycles. The van der Waals surface area contributed by atoms with E-state index in [1.165, 1.54) is 0 Å². The Bertz CT molecular complexity index is 508. The minimum absolute atomic E-state index is 0.0557. The number of ether oxygens (including phenoxy) is 1. The molecule has 0 unspecified atom stereocenters. The summed E-state index contributed by atoms with van der Waals surface area (Å²) in [4.78, 5) is 0. The number of aliphatic hydroxyl groups is 1. The second kappa shape index (κ2) is 4.97. The van der Waals surface area contributed by atoms with Crippen molar-refractivity contribution in [2.24, 2.45) is 0 Å². The summed E-state index contributed by atoms with van der Waals surface area (Å²) in [6.07, 6.45) is 0. The van der Waals surface area contributed by atoms with E-state index >= 15 is 0 Å². The van der Waals surface area contributed by atoms with E-state index in [1.807, 2.05) is 25.1 Å². The molecule has 0 spiro atoms. The Morgan fingerprint density at radius 1 is 1.29 bits per heavy atom. The summed E-state index contributed by atoms with van der Waals surface area (Å²) >= 11 is 0. The molecule has 1 aromatic carbocycles. The molecule has 5 nitrogen and oxygen atoms in total. The second-order valence-electron chi connectivity index (χ2n) is 3.77. The zero-order chi connectivity index (χ0) is 12.3. The van der Waals surface area contributed by atoms with Gasteiger partial charge in [0.1, 0.15) is 5.75 Å². The number of nitrogens with zero attached hydrogens (tertiary/aromatic N) is 2. The van der Waals surface area contributed by atoms with Gasteiger partial charge in [0.15, 0.2) is 6.61 Å². The maximum absolute atomic E-state index is 9.21. The monoisotopic (exact) mass is 234 g/mol. The number of benzene rings is 1. The van der Waals surface area contributed by atoms with E-state index in [9.17, 15) is 5.11 Å². The zero-order valence-electron chi connectivity index (χ0n) is 9.80. The van der Waals surface area contributed by atoms with Gasteiger partial charge in [-0.1, -0.05) is 17.7 Å². The Hall–Kier alpha value is -1.88. The summed E-state index contributed by atoms with van der Waals surface area (Å²) in [5.41, 5.74) is 1.83. The van der Waals surface area contributed by atoms with Gasteiger partial charge in [-0.25, -0.2) is 0 Å². The summed E-state index contributed by atoms with van der Waals surface area (Å²) in [5.74, 6) is 1.57. The van der Waals surface area contributed by atoms with Crippen molar-refractivity contribution in [2.75, 3.05) is 0 Å². The molecular formula is C12H14N2O3. The van der Waals surface area contributed by atoms with Crippen molar-refractivity contribution in [3.8, 4) is 5.75 Å². The van der Waals surface area contributed by atoms with Gasteiger partial charge in [-0.05, 0) is 13.0 Å². The summed E-state index contributed by atoms with van der Waals surface area (Å²) in [7, 11) is 0. The van der Waals surface area contributed by atoms with Crippen LogP contribution in [-0.4, -0.2) is 15.3 Å². The number of aliphatic hydroxyl groups excluding tert-OH is 1. The van der Waals surface area contributed by atoms with Gasteiger partial charge in [0.05, 0.1) is 6.61 Å². The number of hydrogen-bond acceptors (Lipinski definition) is 5. The molecule has 1 heterocycles. The van der Waals surface area contributed by atoms with Crippen LogP contribution in [0.15, 0.2) is 22.6 Å². The third-order valence-corrected chi connectivity index (χ3v) is 2.31. The SMILES string of the molecule is Cc1ccc(OCc2nnc(C)o2)c(CO)c1. The largest absolute Gasteiger partial charge is 0.483 e. The van der Waals surface area contributed by atoms with Crippen LogP contribution in [0.2, 0.25) is 0 Å². The van der Waals surface area contributed by atoms with Gasteiger partial charge in [0.25, 0.3) is 5.89 Å². The van der Waals surface area contributed by atoms with Gasteiger partial charge in [-0.2, -0.15) is 0 Å². The second-order valence-corrected chi connectivity index (χ2v) is 3.77. The number of aryl methyl sites for hydroxylation is 2. The fraction of sp³-hybridized carbons (Fsp3) is 0.333. The fourth-order valence-electron chi connectivity index (χ4n) is 1.51. The molecule has 0 aliphatic rings. The highest BCUT2D eigenvalue weighted by Crippen LogP contribution is 2.21. The molecule has 90 valence electrons. The molecule has 0 aliphatic heterocycles. The molecule has 17 heavy (non-hydrogen) atoms. The Morgan fingerprint density at radius 3 is 2.76 bits per heavy atom. The Morgan fingerprint density at radius 2 is 2.12 bits per heavy atom. The van der Waals surface area contributed by atoms with Crippen LogP contribution >= 0.6 is 0 Å². The number of rotatable bonds is 4. The van der Waals surface area contributed by atoms with Crippen LogP contribution in [0.4, 0.5) is 0 Å². The molecule has 1 N–H and O–H groups in total. The number of aromatic nitrogens is 2.